The van der Waals surface area contributed by atoms with Crippen LogP contribution in [-0.4, -0.2) is 19.1 Å². The van der Waals surface area contributed by atoms with Gasteiger partial charge in [0.05, 0.1) is 33.5 Å². The number of hydrogen-bond acceptors (Lipinski definition) is 2. The molecular weight excluding hydrogens is 717 g/mol. The molecule has 0 N–H and O–H groups in total. The van der Waals surface area contributed by atoms with Crippen molar-refractivity contribution in [3.8, 4) is 56.4 Å². The fraction of sp³-hybridized carbons (Fsp3) is 0.0545. The van der Waals surface area contributed by atoms with E-state index in [1.165, 1.54) is 71.6 Å². The monoisotopic (exact) mass is 754 g/mol. The van der Waals surface area contributed by atoms with Crippen LogP contribution in [0.5, 0.6) is 0 Å². The van der Waals surface area contributed by atoms with Crippen molar-refractivity contribution in [2.75, 3.05) is 0 Å². The molecule has 1 aliphatic carbocycles. The molecule has 59 heavy (non-hydrogen) atoms. The quantitative estimate of drug-likeness (QED) is 0.175. The van der Waals surface area contributed by atoms with Gasteiger partial charge in [0, 0.05) is 55.0 Å². The van der Waals surface area contributed by atoms with Gasteiger partial charge in [-0.25, -0.2) is 9.97 Å². The van der Waals surface area contributed by atoms with Crippen molar-refractivity contribution < 1.29 is 0 Å². The first-order chi connectivity index (χ1) is 29.0. The van der Waals surface area contributed by atoms with E-state index in [-0.39, 0.29) is 5.41 Å². The Kier molecular flexibility index (Phi) is 7.24. The van der Waals surface area contributed by atoms with E-state index in [2.05, 4.69) is 193 Å². The van der Waals surface area contributed by atoms with Gasteiger partial charge in [0.15, 0.2) is 5.82 Å². The molecule has 0 spiro atoms. The van der Waals surface area contributed by atoms with Crippen molar-refractivity contribution in [1.29, 1.82) is 0 Å². The number of benzene rings is 8. The van der Waals surface area contributed by atoms with Crippen molar-refractivity contribution in [1.82, 2.24) is 19.1 Å². The van der Waals surface area contributed by atoms with Crippen LogP contribution >= 0.6 is 0 Å². The molecule has 4 nitrogen and oxygen atoms in total. The zero-order valence-electron chi connectivity index (χ0n) is 32.8. The minimum atomic E-state index is -0.190. The molecule has 0 amide bonds. The molecule has 0 unspecified atom stereocenters. The van der Waals surface area contributed by atoms with Crippen LogP contribution in [0.3, 0.4) is 0 Å². The molecule has 4 heteroatoms. The smallest absolute Gasteiger partial charge is 0.160 e. The summed E-state index contributed by atoms with van der Waals surface area (Å²) in [4.78, 5) is 10.1. The molecule has 0 radical (unpaired) electrons. The molecule has 0 bridgehead atoms. The van der Waals surface area contributed by atoms with Crippen LogP contribution in [0.15, 0.2) is 194 Å². The molecule has 0 saturated carbocycles. The highest BCUT2D eigenvalue weighted by molar-refractivity contribution is 6.14. The van der Waals surface area contributed by atoms with Gasteiger partial charge in [-0.3, -0.25) is 0 Å². The summed E-state index contributed by atoms with van der Waals surface area (Å²) in [6, 6.07) is 69.8. The SMILES string of the molecule is CC1(C)c2cc3c4ccccc4n(-c4ccc(-c5cc(-c6ccccc6)nc(-c6ccccc6)n5)cc4)c3cc2-c2cc3c4ccccc4n(-c4ccccc4)c3cc21. The molecule has 0 atom stereocenters. The van der Waals surface area contributed by atoms with Crippen molar-refractivity contribution in [2.24, 2.45) is 0 Å². The third-order valence-electron chi connectivity index (χ3n) is 12.5. The predicted octanol–water partition coefficient (Wildman–Crippen LogP) is 14.0. The van der Waals surface area contributed by atoms with Crippen molar-refractivity contribution in [2.45, 2.75) is 19.3 Å². The van der Waals surface area contributed by atoms with Gasteiger partial charge in [0.2, 0.25) is 0 Å². The molecule has 0 aliphatic heterocycles. The van der Waals surface area contributed by atoms with Crippen LogP contribution in [0, 0.1) is 0 Å². The van der Waals surface area contributed by atoms with E-state index < -0.39 is 0 Å². The Labute approximate surface area is 342 Å². The summed E-state index contributed by atoms with van der Waals surface area (Å²) in [5, 5.41) is 5.07. The number of fused-ring (bicyclic) bond motifs is 9. The molecule has 8 aromatic carbocycles. The highest BCUT2D eigenvalue weighted by Crippen LogP contribution is 2.53. The first kappa shape index (κ1) is 33.6. The Morgan fingerprint density at radius 3 is 1.44 bits per heavy atom. The first-order valence-corrected chi connectivity index (χ1v) is 20.3. The van der Waals surface area contributed by atoms with Gasteiger partial charge in [0.25, 0.3) is 0 Å². The Hall–Kier alpha value is -7.56. The van der Waals surface area contributed by atoms with Crippen molar-refractivity contribution >= 4 is 43.6 Å². The van der Waals surface area contributed by atoms with Crippen LogP contribution in [0.25, 0.3) is 100 Å². The normalized spacial score (nSPS) is 13.1. The summed E-state index contributed by atoms with van der Waals surface area (Å²) < 4.78 is 4.86. The Balaban J connectivity index is 1.03. The van der Waals surface area contributed by atoms with E-state index >= 15 is 0 Å². The number of hydrogen-bond donors (Lipinski definition) is 0. The first-order valence-electron chi connectivity index (χ1n) is 20.3. The summed E-state index contributed by atoms with van der Waals surface area (Å²) in [6.45, 7) is 4.78. The molecule has 278 valence electrons. The fourth-order valence-electron chi connectivity index (χ4n) is 9.64. The summed E-state index contributed by atoms with van der Waals surface area (Å²) in [6.07, 6.45) is 0. The van der Waals surface area contributed by atoms with Gasteiger partial charge in [-0.05, 0) is 89.0 Å². The minimum Gasteiger partial charge on any atom is -0.309 e. The molecule has 0 saturated heterocycles. The lowest BCUT2D eigenvalue weighted by atomic mass is 9.82. The number of nitrogens with zero attached hydrogens (tertiary/aromatic N) is 4. The minimum absolute atomic E-state index is 0.190. The number of para-hydroxylation sites is 3. The zero-order valence-corrected chi connectivity index (χ0v) is 32.8. The largest absolute Gasteiger partial charge is 0.309 e. The van der Waals surface area contributed by atoms with Gasteiger partial charge in [-0.1, -0.05) is 141 Å². The average molecular weight is 755 g/mol. The van der Waals surface area contributed by atoms with Crippen LogP contribution in [-0.2, 0) is 5.41 Å². The van der Waals surface area contributed by atoms with E-state index in [1.807, 2.05) is 24.3 Å². The van der Waals surface area contributed by atoms with Crippen molar-refractivity contribution in [3.63, 3.8) is 0 Å². The van der Waals surface area contributed by atoms with E-state index in [1.54, 1.807) is 0 Å². The summed E-state index contributed by atoms with van der Waals surface area (Å²) in [5.41, 5.74) is 17.2. The molecule has 12 rings (SSSR count). The van der Waals surface area contributed by atoms with Gasteiger partial charge >= 0.3 is 0 Å². The van der Waals surface area contributed by atoms with Crippen LogP contribution in [0.4, 0.5) is 0 Å². The van der Waals surface area contributed by atoms with Gasteiger partial charge in [-0.15, -0.1) is 0 Å². The molecular formula is C55H38N4. The Morgan fingerprint density at radius 1 is 0.356 bits per heavy atom. The third kappa shape index (κ3) is 5.09. The topological polar surface area (TPSA) is 35.6 Å². The Morgan fingerprint density at radius 2 is 0.814 bits per heavy atom. The second kappa shape index (κ2) is 12.7. The lowest BCUT2D eigenvalue weighted by Crippen LogP contribution is -2.15. The second-order valence-electron chi connectivity index (χ2n) is 16.2. The third-order valence-corrected chi connectivity index (χ3v) is 12.5. The molecule has 3 aromatic heterocycles. The summed E-state index contributed by atoms with van der Waals surface area (Å²) in [5.74, 6) is 0.715. The Bertz CT molecular complexity index is 3370. The summed E-state index contributed by atoms with van der Waals surface area (Å²) in [7, 11) is 0. The van der Waals surface area contributed by atoms with E-state index in [0.717, 1.165) is 33.8 Å². The van der Waals surface area contributed by atoms with E-state index in [9.17, 15) is 0 Å². The second-order valence-corrected chi connectivity index (χ2v) is 16.2. The fourth-order valence-corrected chi connectivity index (χ4v) is 9.64. The van der Waals surface area contributed by atoms with Crippen LogP contribution in [0.1, 0.15) is 25.0 Å². The van der Waals surface area contributed by atoms with Crippen LogP contribution < -0.4 is 0 Å². The van der Waals surface area contributed by atoms with E-state index in [4.69, 9.17) is 9.97 Å². The zero-order chi connectivity index (χ0) is 39.2. The molecule has 0 fully saturated rings. The maximum atomic E-state index is 5.11. The molecule has 11 aromatic rings. The van der Waals surface area contributed by atoms with E-state index in [0.29, 0.717) is 5.82 Å². The number of rotatable bonds is 5. The lowest BCUT2D eigenvalue weighted by molar-refractivity contribution is 0.662. The van der Waals surface area contributed by atoms with Crippen LogP contribution in [0.2, 0.25) is 0 Å². The average Bonchev–Trinajstić information content (AvgIpc) is 3.88. The van der Waals surface area contributed by atoms with Gasteiger partial charge in [-0.2, -0.15) is 0 Å². The molecule has 1 aliphatic rings. The maximum Gasteiger partial charge on any atom is 0.160 e. The highest BCUT2D eigenvalue weighted by Gasteiger charge is 2.37. The lowest BCUT2D eigenvalue weighted by Gasteiger charge is -2.22. The van der Waals surface area contributed by atoms with Gasteiger partial charge in [0.1, 0.15) is 0 Å². The maximum absolute atomic E-state index is 5.11. The highest BCUT2D eigenvalue weighted by atomic mass is 15.0. The molecule has 3 heterocycles. The summed E-state index contributed by atoms with van der Waals surface area (Å²) >= 11 is 0. The van der Waals surface area contributed by atoms with Gasteiger partial charge < -0.3 is 9.13 Å². The predicted molar refractivity (Wildman–Crippen MR) is 245 cm³/mol. The standard InChI is InChI=1S/C55H38N4/c1-55(2)46-31-45-41-23-13-15-25-51(41)59(39-28-26-36(27-29-39)49-34-48(35-16-6-3-7-17-35)56-54(57-49)37-18-8-4-9-19-37)52(45)32-43(46)42-30-44-40-22-12-14-24-50(40)58(53(44)33-47(42)55)38-20-10-5-11-21-38/h3-34H,1-2H3. The number of aromatic nitrogens is 4. The van der Waals surface area contributed by atoms with Crippen molar-refractivity contribution in [3.05, 3.63) is 205 Å².